The average molecular weight is 392 g/mol. The molecule has 2 atom stereocenters. The van der Waals surface area contributed by atoms with Crippen LogP contribution in [0.3, 0.4) is 0 Å². The lowest BCUT2D eigenvalue weighted by Crippen LogP contribution is -2.55. The Morgan fingerprint density at radius 1 is 1.50 bits per heavy atom. The third kappa shape index (κ3) is 4.79. The number of amides is 2. The van der Waals surface area contributed by atoms with Crippen molar-refractivity contribution in [2.75, 3.05) is 11.9 Å². The van der Waals surface area contributed by atoms with Crippen LogP contribution in [0.15, 0.2) is 23.1 Å². The number of anilines is 1. The van der Waals surface area contributed by atoms with Gasteiger partial charge in [-0.2, -0.15) is 0 Å². The summed E-state index contributed by atoms with van der Waals surface area (Å²) < 4.78 is 0. The number of rotatable bonds is 5. The molecule has 0 aromatic heterocycles. The Kier molecular flexibility index (Phi) is 7.41. The zero-order valence-electron chi connectivity index (χ0n) is 13.9. The van der Waals surface area contributed by atoms with Gasteiger partial charge in [0.15, 0.2) is 0 Å². The molecule has 0 saturated carbocycles. The molecule has 1 aromatic carbocycles. The van der Waals surface area contributed by atoms with Crippen LogP contribution in [0.4, 0.5) is 5.69 Å². The van der Waals surface area contributed by atoms with Gasteiger partial charge >= 0.3 is 0 Å². The van der Waals surface area contributed by atoms with E-state index >= 15 is 0 Å². The fourth-order valence-electron chi connectivity index (χ4n) is 2.23. The highest BCUT2D eigenvalue weighted by Gasteiger charge is 2.33. The van der Waals surface area contributed by atoms with Crippen LogP contribution in [0.2, 0.25) is 5.02 Å². The number of carbonyl (C=O) groups excluding carboxylic acids is 2. The van der Waals surface area contributed by atoms with E-state index < -0.39 is 10.8 Å². The summed E-state index contributed by atoms with van der Waals surface area (Å²) in [7, 11) is 0. The maximum Gasteiger partial charge on any atom is 0.238 e. The van der Waals surface area contributed by atoms with Gasteiger partial charge in [0.25, 0.3) is 0 Å². The first-order valence-corrected chi connectivity index (χ1v) is 8.79. The van der Waals surface area contributed by atoms with E-state index in [1.807, 2.05) is 26.8 Å². The fourth-order valence-corrected chi connectivity index (χ4v) is 3.49. The summed E-state index contributed by atoms with van der Waals surface area (Å²) in [5.74, 6) is -0.150. The smallest absolute Gasteiger partial charge is 0.238 e. The molecule has 1 aromatic rings. The number of benzene rings is 1. The van der Waals surface area contributed by atoms with Crippen LogP contribution in [-0.4, -0.2) is 29.1 Å². The van der Waals surface area contributed by atoms with E-state index in [-0.39, 0.29) is 36.6 Å². The molecule has 134 valence electrons. The summed E-state index contributed by atoms with van der Waals surface area (Å²) in [6, 6.07) is 5.33. The third-order valence-corrected chi connectivity index (χ3v) is 5.77. The SMILES string of the molecule is CC(C)C(C)(CN)NC(=O)CC1Sc2ccc(Cl)cc2NC1=O.Cl. The molecule has 0 bridgehead atoms. The van der Waals surface area contributed by atoms with Gasteiger partial charge in [-0.05, 0) is 31.0 Å². The van der Waals surface area contributed by atoms with Crippen LogP contribution in [0.25, 0.3) is 0 Å². The van der Waals surface area contributed by atoms with E-state index in [0.29, 0.717) is 17.3 Å². The summed E-state index contributed by atoms with van der Waals surface area (Å²) in [6.45, 7) is 6.28. The summed E-state index contributed by atoms with van der Waals surface area (Å²) in [6.07, 6.45) is 0.112. The molecule has 2 rings (SSSR count). The zero-order chi connectivity index (χ0) is 17.2. The Hall–Kier alpha value is -0.950. The summed E-state index contributed by atoms with van der Waals surface area (Å²) in [4.78, 5) is 25.4. The van der Waals surface area contributed by atoms with Crippen molar-refractivity contribution in [1.82, 2.24) is 5.32 Å². The fraction of sp³-hybridized carbons (Fsp3) is 0.500. The topological polar surface area (TPSA) is 84.2 Å². The molecular formula is C16H23Cl2N3O2S. The lowest BCUT2D eigenvalue weighted by molar-refractivity contribution is -0.125. The molecule has 8 heteroatoms. The molecule has 1 aliphatic rings. The number of carbonyl (C=O) groups is 2. The van der Waals surface area contributed by atoms with E-state index in [4.69, 9.17) is 17.3 Å². The molecule has 4 N–H and O–H groups in total. The van der Waals surface area contributed by atoms with E-state index in [9.17, 15) is 9.59 Å². The number of fused-ring (bicyclic) bond motifs is 1. The summed E-state index contributed by atoms with van der Waals surface area (Å²) in [5.41, 5.74) is 6.00. The van der Waals surface area contributed by atoms with Crippen molar-refractivity contribution in [3.05, 3.63) is 23.2 Å². The number of hydrogen-bond donors (Lipinski definition) is 3. The van der Waals surface area contributed by atoms with Crippen LogP contribution in [-0.2, 0) is 9.59 Å². The quantitative estimate of drug-likeness (QED) is 0.719. The van der Waals surface area contributed by atoms with Crippen molar-refractivity contribution in [2.45, 2.75) is 42.9 Å². The minimum absolute atomic E-state index is 0. The standard InChI is InChI=1S/C16H22ClN3O2S.ClH/c1-9(2)16(3,8-18)20-14(21)7-13-15(22)19-11-6-10(17)4-5-12(11)23-13;/h4-6,9,13H,7-8,18H2,1-3H3,(H,19,22)(H,20,21);1H. The average Bonchev–Trinajstić information content (AvgIpc) is 2.47. The van der Waals surface area contributed by atoms with Gasteiger partial charge in [0.1, 0.15) is 0 Å². The predicted octanol–water partition coefficient (Wildman–Crippen LogP) is 3.05. The molecule has 2 amide bonds. The normalized spacial score (nSPS) is 18.9. The predicted molar refractivity (Wildman–Crippen MR) is 102 cm³/mol. The van der Waals surface area contributed by atoms with Gasteiger partial charge in [0.2, 0.25) is 11.8 Å². The maximum atomic E-state index is 12.3. The van der Waals surface area contributed by atoms with Gasteiger partial charge in [-0.1, -0.05) is 25.4 Å². The first kappa shape index (κ1) is 21.1. The maximum absolute atomic E-state index is 12.3. The third-order valence-electron chi connectivity index (χ3n) is 4.26. The Morgan fingerprint density at radius 3 is 2.75 bits per heavy atom. The second-order valence-corrected chi connectivity index (χ2v) is 7.95. The number of nitrogens with two attached hydrogens (primary N) is 1. The van der Waals surface area contributed by atoms with Crippen LogP contribution in [0, 0.1) is 5.92 Å². The second kappa shape index (κ2) is 8.43. The van der Waals surface area contributed by atoms with Crippen LogP contribution in [0.5, 0.6) is 0 Å². The van der Waals surface area contributed by atoms with Crippen LogP contribution in [0.1, 0.15) is 27.2 Å². The van der Waals surface area contributed by atoms with Gasteiger partial charge in [0.05, 0.1) is 16.5 Å². The van der Waals surface area contributed by atoms with Crippen molar-refractivity contribution >= 4 is 53.3 Å². The van der Waals surface area contributed by atoms with E-state index in [1.165, 1.54) is 11.8 Å². The Balaban J connectivity index is 0.00000288. The molecule has 1 aliphatic heterocycles. The summed E-state index contributed by atoms with van der Waals surface area (Å²) in [5, 5.41) is 5.88. The van der Waals surface area contributed by atoms with Crippen molar-refractivity contribution < 1.29 is 9.59 Å². The second-order valence-electron chi connectivity index (χ2n) is 6.26. The lowest BCUT2D eigenvalue weighted by Gasteiger charge is -2.34. The number of halogens is 2. The summed E-state index contributed by atoms with van der Waals surface area (Å²) >= 11 is 7.31. The van der Waals surface area contributed by atoms with Crippen molar-refractivity contribution in [3.8, 4) is 0 Å². The van der Waals surface area contributed by atoms with Crippen LogP contribution >= 0.6 is 35.8 Å². The molecule has 0 spiro atoms. The van der Waals surface area contributed by atoms with Gasteiger partial charge in [0, 0.05) is 22.9 Å². The molecule has 0 radical (unpaired) electrons. The van der Waals surface area contributed by atoms with Crippen molar-refractivity contribution in [3.63, 3.8) is 0 Å². The van der Waals surface area contributed by atoms with Gasteiger partial charge in [-0.15, -0.1) is 24.2 Å². The zero-order valence-corrected chi connectivity index (χ0v) is 16.3. The molecule has 2 unspecified atom stereocenters. The Morgan fingerprint density at radius 2 is 2.17 bits per heavy atom. The number of thioether (sulfide) groups is 1. The van der Waals surface area contributed by atoms with Gasteiger partial charge in [-0.3, -0.25) is 9.59 Å². The molecule has 0 fully saturated rings. The molecule has 0 aliphatic carbocycles. The molecule has 0 saturated heterocycles. The molecular weight excluding hydrogens is 369 g/mol. The number of nitrogens with one attached hydrogen (secondary N) is 2. The van der Waals surface area contributed by atoms with Crippen LogP contribution < -0.4 is 16.4 Å². The van der Waals surface area contributed by atoms with Gasteiger partial charge in [-0.25, -0.2) is 0 Å². The van der Waals surface area contributed by atoms with E-state index in [0.717, 1.165) is 4.90 Å². The number of hydrogen-bond acceptors (Lipinski definition) is 4. The minimum atomic E-state index is -0.474. The van der Waals surface area contributed by atoms with Gasteiger partial charge < -0.3 is 16.4 Å². The highest BCUT2D eigenvalue weighted by molar-refractivity contribution is 8.01. The van der Waals surface area contributed by atoms with E-state index in [2.05, 4.69) is 10.6 Å². The monoisotopic (exact) mass is 391 g/mol. The molecule has 1 heterocycles. The molecule has 24 heavy (non-hydrogen) atoms. The first-order chi connectivity index (χ1) is 10.7. The van der Waals surface area contributed by atoms with Crippen molar-refractivity contribution in [2.24, 2.45) is 11.7 Å². The highest BCUT2D eigenvalue weighted by Crippen LogP contribution is 2.38. The molecule has 5 nitrogen and oxygen atoms in total. The first-order valence-electron chi connectivity index (χ1n) is 7.53. The Bertz CT molecular complexity index is 627. The van der Waals surface area contributed by atoms with E-state index in [1.54, 1.807) is 12.1 Å². The largest absolute Gasteiger partial charge is 0.349 e. The highest BCUT2D eigenvalue weighted by atomic mass is 35.5. The van der Waals surface area contributed by atoms with Crippen molar-refractivity contribution in [1.29, 1.82) is 0 Å². The minimum Gasteiger partial charge on any atom is -0.349 e. The Labute approximate surface area is 157 Å². The lowest BCUT2D eigenvalue weighted by atomic mass is 9.88.